The summed E-state index contributed by atoms with van der Waals surface area (Å²) in [6, 6.07) is 7.26. The third-order valence-corrected chi connectivity index (χ3v) is 3.40. The predicted octanol–water partition coefficient (Wildman–Crippen LogP) is 0.253. The zero-order chi connectivity index (χ0) is 14.5. The molecule has 0 spiro atoms. The molecular weight excluding hydrogens is 258 g/mol. The summed E-state index contributed by atoms with van der Waals surface area (Å²) < 4.78 is 0. The molecule has 108 valence electrons. The van der Waals surface area contributed by atoms with E-state index < -0.39 is 5.97 Å². The van der Waals surface area contributed by atoms with Gasteiger partial charge < -0.3 is 20.2 Å². The lowest BCUT2D eigenvalue weighted by molar-refractivity contribution is -0.135. The monoisotopic (exact) mass is 277 g/mol. The van der Waals surface area contributed by atoms with E-state index in [1.54, 1.807) is 12.1 Å². The lowest BCUT2D eigenvalue weighted by atomic mass is 10.1. The van der Waals surface area contributed by atoms with Crippen molar-refractivity contribution in [3.8, 4) is 0 Å². The Balaban J connectivity index is 1.95. The maximum Gasteiger partial charge on any atom is 0.322 e. The van der Waals surface area contributed by atoms with Crippen molar-refractivity contribution in [2.24, 2.45) is 0 Å². The van der Waals surface area contributed by atoms with Crippen molar-refractivity contribution in [3.63, 3.8) is 0 Å². The highest BCUT2D eigenvalue weighted by molar-refractivity contribution is 5.96. The van der Waals surface area contributed by atoms with E-state index in [4.69, 9.17) is 5.11 Å². The Hall–Kier alpha value is -2.08. The van der Waals surface area contributed by atoms with Gasteiger partial charge in [0, 0.05) is 37.4 Å². The summed E-state index contributed by atoms with van der Waals surface area (Å²) in [7, 11) is 2.10. The molecule has 1 heterocycles. The lowest BCUT2D eigenvalue weighted by Gasteiger charge is -2.34. The molecule has 0 aliphatic carbocycles. The first kappa shape index (κ1) is 14.3. The highest BCUT2D eigenvalue weighted by Crippen LogP contribution is 2.16. The fourth-order valence-corrected chi connectivity index (χ4v) is 2.15. The van der Waals surface area contributed by atoms with Gasteiger partial charge in [-0.05, 0) is 31.3 Å². The number of carboxylic acids is 1. The van der Waals surface area contributed by atoms with Gasteiger partial charge in [-0.15, -0.1) is 0 Å². The van der Waals surface area contributed by atoms with Crippen molar-refractivity contribution in [2.75, 3.05) is 44.7 Å². The lowest BCUT2D eigenvalue weighted by Crippen LogP contribution is -2.44. The number of carbonyl (C=O) groups is 2. The molecule has 0 atom stereocenters. The Bertz CT molecular complexity index is 479. The molecule has 1 aliphatic rings. The van der Waals surface area contributed by atoms with Gasteiger partial charge >= 0.3 is 5.97 Å². The molecule has 1 aromatic rings. The molecule has 1 saturated heterocycles. The third-order valence-electron chi connectivity index (χ3n) is 3.40. The largest absolute Gasteiger partial charge is 0.480 e. The summed E-state index contributed by atoms with van der Waals surface area (Å²) in [6.07, 6.45) is 0. The molecule has 2 N–H and O–H groups in total. The molecule has 6 nitrogen and oxygen atoms in total. The van der Waals surface area contributed by atoms with Crippen LogP contribution in [0.4, 0.5) is 5.69 Å². The molecule has 2 rings (SSSR count). The molecule has 0 aromatic heterocycles. The van der Waals surface area contributed by atoms with E-state index in [-0.39, 0.29) is 12.5 Å². The fraction of sp³-hybridized carbons (Fsp3) is 0.429. The van der Waals surface area contributed by atoms with Crippen LogP contribution in [0.5, 0.6) is 0 Å². The molecule has 0 saturated carbocycles. The van der Waals surface area contributed by atoms with Crippen molar-refractivity contribution >= 4 is 17.6 Å². The molecule has 1 fully saturated rings. The predicted molar refractivity (Wildman–Crippen MR) is 76.1 cm³/mol. The molecule has 20 heavy (non-hydrogen) atoms. The first-order valence-corrected chi connectivity index (χ1v) is 6.60. The van der Waals surface area contributed by atoms with Crippen LogP contribution >= 0.6 is 0 Å². The van der Waals surface area contributed by atoms with Gasteiger partial charge in [0.25, 0.3) is 5.91 Å². The van der Waals surface area contributed by atoms with Gasteiger partial charge in [0.1, 0.15) is 6.54 Å². The van der Waals surface area contributed by atoms with Gasteiger partial charge in [0.15, 0.2) is 0 Å². The van der Waals surface area contributed by atoms with E-state index in [1.807, 2.05) is 12.1 Å². The van der Waals surface area contributed by atoms with Gasteiger partial charge in [-0.25, -0.2) is 0 Å². The van der Waals surface area contributed by atoms with Gasteiger partial charge in [-0.3, -0.25) is 9.59 Å². The van der Waals surface area contributed by atoms with Crippen molar-refractivity contribution in [1.29, 1.82) is 0 Å². The van der Waals surface area contributed by atoms with E-state index in [0.717, 1.165) is 31.9 Å². The smallest absolute Gasteiger partial charge is 0.322 e. The highest BCUT2D eigenvalue weighted by Gasteiger charge is 2.14. The standard InChI is InChI=1S/C14H19N3O3/c1-16-6-8-17(9-7-16)12-4-2-11(3-5-12)14(20)15-10-13(18)19/h2-5H,6-10H2,1H3,(H,15,20)(H,18,19). The van der Waals surface area contributed by atoms with Crippen LogP contribution in [0.25, 0.3) is 0 Å². The maximum atomic E-state index is 11.7. The SMILES string of the molecule is CN1CCN(c2ccc(C(=O)NCC(=O)O)cc2)CC1. The number of hydrogen-bond acceptors (Lipinski definition) is 4. The molecule has 1 aromatic carbocycles. The number of carboxylic acid groups (broad SMARTS) is 1. The minimum atomic E-state index is -1.05. The van der Waals surface area contributed by atoms with Gasteiger partial charge in [0.2, 0.25) is 0 Å². The van der Waals surface area contributed by atoms with Crippen LogP contribution in [-0.2, 0) is 4.79 Å². The normalized spacial score (nSPS) is 15.9. The Morgan fingerprint density at radius 1 is 1.15 bits per heavy atom. The van der Waals surface area contributed by atoms with Crippen molar-refractivity contribution in [2.45, 2.75) is 0 Å². The Morgan fingerprint density at radius 2 is 1.75 bits per heavy atom. The second kappa shape index (κ2) is 6.38. The minimum Gasteiger partial charge on any atom is -0.480 e. The van der Waals surface area contributed by atoms with E-state index in [9.17, 15) is 9.59 Å². The Kier molecular flexibility index (Phi) is 4.57. The van der Waals surface area contributed by atoms with Gasteiger partial charge in [0.05, 0.1) is 0 Å². The van der Waals surface area contributed by atoms with Gasteiger partial charge in [-0.2, -0.15) is 0 Å². The first-order chi connectivity index (χ1) is 9.56. The molecular formula is C14H19N3O3. The summed E-state index contributed by atoms with van der Waals surface area (Å²) in [6.45, 7) is 3.64. The molecule has 6 heteroatoms. The van der Waals surface area contributed by atoms with E-state index in [2.05, 4.69) is 22.2 Å². The molecule has 1 aliphatic heterocycles. The van der Waals surface area contributed by atoms with E-state index in [1.165, 1.54) is 0 Å². The zero-order valence-corrected chi connectivity index (χ0v) is 11.5. The summed E-state index contributed by atoms with van der Waals surface area (Å²) >= 11 is 0. The number of piperazine rings is 1. The number of anilines is 1. The van der Waals surface area contributed by atoms with E-state index in [0.29, 0.717) is 5.56 Å². The number of benzene rings is 1. The minimum absolute atomic E-state index is 0.362. The first-order valence-electron chi connectivity index (χ1n) is 6.60. The Morgan fingerprint density at radius 3 is 2.30 bits per heavy atom. The summed E-state index contributed by atoms with van der Waals surface area (Å²) in [5.74, 6) is -1.41. The van der Waals surface area contributed by atoms with Crippen molar-refractivity contribution < 1.29 is 14.7 Å². The highest BCUT2D eigenvalue weighted by atomic mass is 16.4. The number of likely N-dealkylation sites (N-methyl/N-ethyl adjacent to an activating group) is 1. The number of nitrogens with one attached hydrogen (secondary N) is 1. The molecule has 0 bridgehead atoms. The van der Waals surface area contributed by atoms with E-state index >= 15 is 0 Å². The molecule has 0 radical (unpaired) electrons. The van der Waals surface area contributed by atoms with Crippen LogP contribution in [0.2, 0.25) is 0 Å². The van der Waals surface area contributed by atoms with Crippen LogP contribution in [0.15, 0.2) is 24.3 Å². The number of hydrogen-bond donors (Lipinski definition) is 2. The van der Waals surface area contributed by atoms with Crippen LogP contribution in [-0.4, -0.2) is 61.7 Å². The topological polar surface area (TPSA) is 72.9 Å². The summed E-state index contributed by atoms with van der Waals surface area (Å²) in [4.78, 5) is 26.6. The van der Waals surface area contributed by atoms with Crippen LogP contribution in [0.1, 0.15) is 10.4 Å². The Labute approximate surface area is 118 Å². The number of rotatable bonds is 4. The number of nitrogens with zero attached hydrogens (tertiary/aromatic N) is 2. The molecule has 1 amide bonds. The van der Waals surface area contributed by atoms with Gasteiger partial charge in [-0.1, -0.05) is 0 Å². The van der Waals surface area contributed by atoms with Crippen LogP contribution in [0, 0.1) is 0 Å². The fourth-order valence-electron chi connectivity index (χ4n) is 2.15. The van der Waals surface area contributed by atoms with Crippen molar-refractivity contribution in [1.82, 2.24) is 10.2 Å². The molecule has 0 unspecified atom stereocenters. The zero-order valence-electron chi connectivity index (χ0n) is 11.5. The second-order valence-corrected chi connectivity index (χ2v) is 4.91. The average Bonchev–Trinajstić information content (AvgIpc) is 2.46. The summed E-state index contributed by atoms with van der Waals surface area (Å²) in [5, 5.41) is 10.9. The number of aliphatic carboxylic acids is 1. The third kappa shape index (κ3) is 3.71. The average molecular weight is 277 g/mol. The van der Waals surface area contributed by atoms with Crippen LogP contribution < -0.4 is 10.2 Å². The number of carbonyl (C=O) groups excluding carboxylic acids is 1. The quantitative estimate of drug-likeness (QED) is 0.825. The second-order valence-electron chi connectivity index (χ2n) is 4.91. The van der Waals surface area contributed by atoms with Crippen molar-refractivity contribution in [3.05, 3.63) is 29.8 Å². The maximum absolute atomic E-state index is 11.7. The van der Waals surface area contributed by atoms with Crippen LogP contribution in [0.3, 0.4) is 0 Å². The summed E-state index contributed by atoms with van der Waals surface area (Å²) in [5.41, 5.74) is 1.57. The number of amides is 1.